The number of ether oxygens (including phenoxy) is 3. The Morgan fingerprint density at radius 3 is 1.70 bits per heavy atom. The van der Waals surface area contributed by atoms with Crippen molar-refractivity contribution in [3.8, 4) is 11.5 Å². The Labute approximate surface area is 321 Å². The Morgan fingerprint density at radius 2 is 1.17 bits per heavy atom. The first-order valence-corrected chi connectivity index (χ1v) is 19.4. The number of carbonyl (C=O) groups is 4. The van der Waals surface area contributed by atoms with Crippen LogP contribution in [0.5, 0.6) is 11.5 Å². The molecule has 2 aliphatic carbocycles. The lowest BCUT2D eigenvalue weighted by Crippen LogP contribution is -2.43. The van der Waals surface area contributed by atoms with Crippen LogP contribution in [0.4, 0.5) is 22.7 Å². The minimum Gasteiger partial charge on any atom is -0.503 e. The molecule has 3 aromatic rings. The Balaban J connectivity index is 1.07. The third kappa shape index (κ3) is 5.62. The fraction of sp³-hybridized carbons (Fsp3) is 0.415. The monoisotopic (exact) mass is 796 g/mol. The van der Waals surface area contributed by atoms with Crippen molar-refractivity contribution in [2.75, 3.05) is 79.3 Å². The summed E-state index contributed by atoms with van der Waals surface area (Å²) in [6.07, 6.45) is 2.62. The molecule has 1 N–H and O–H groups in total. The van der Waals surface area contributed by atoms with Gasteiger partial charge in [0.1, 0.15) is 0 Å². The van der Waals surface area contributed by atoms with Gasteiger partial charge in [0.15, 0.2) is 11.5 Å². The summed E-state index contributed by atoms with van der Waals surface area (Å²) in [7, 11) is 1.46. The van der Waals surface area contributed by atoms with Crippen molar-refractivity contribution in [1.29, 1.82) is 0 Å². The van der Waals surface area contributed by atoms with Crippen LogP contribution in [-0.4, -0.2) is 88.5 Å². The predicted molar refractivity (Wildman–Crippen MR) is 204 cm³/mol. The molecule has 6 unspecified atom stereocenters. The summed E-state index contributed by atoms with van der Waals surface area (Å²) >= 11 is 3.47. The van der Waals surface area contributed by atoms with Crippen molar-refractivity contribution in [2.24, 2.45) is 29.6 Å². The molecule has 13 heteroatoms. The van der Waals surface area contributed by atoms with E-state index in [1.54, 1.807) is 12.1 Å². The molecule has 4 amide bonds. The lowest BCUT2D eigenvalue weighted by Gasteiger charge is -2.44. The number of benzene rings is 3. The summed E-state index contributed by atoms with van der Waals surface area (Å²) in [6, 6.07) is 18.5. The highest BCUT2D eigenvalue weighted by molar-refractivity contribution is 9.10. The standard InChI is InChI=1S/C41H41BrN4O8/c1-52-33-21-23(20-32(42)37(33)47)34-28-10-11-29-35(40(50)45(38(29)48)26-6-2-24(3-7-26)43-12-16-53-17-13-43)30(28)22-31-36(34)41(51)46(39(31)49)27-8-4-25(5-9-27)44-14-18-54-19-15-44/h2-10,20-21,29-31,34-36,47H,11-19,22H2,1H3. The SMILES string of the molecule is COc1cc(C2C3=CCC4C(=O)N(c5ccc(N6CCOCC6)cc5)C(=O)C4C3CC3C(=O)N(c4ccc(N5CCOCC5)cc4)C(=O)C32)cc(Br)c1O. The number of hydrogen-bond acceptors (Lipinski definition) is 10. The van der Waals surface area contributed by atoms with Gasteiger partial charge in [0.05, 0.1) is 73.1 Å². The average molecular weight is 798 g/mol. The van der Waals surface area contributed by atoms with Crippen LogP contribution in [0.2, 0.25) is 0 Å². The Morgan fingerprint density at radius 1 is 0.667 bits per heavy atom. The summed E-state index contributed by atoms with van der Waals surface area (Å²) in [5, 5.41) is 10.7. The maximum absolute atomic E-state index is 14.6. The van der Waals surface area contributed by atoms with E-state index in [2.05, 4.69) is 25.7 Å². The molecule has 12 nitrogen and oxygen atoms in total. The number of allylic oxidation sites excluding steroid dienone is 2. The van der Waals surface area contributed by atoms with Crippen LogP contribution in [0.3, 0.4) is 0 Å². The molecule has 6 atom stereocenters. The number of fused-ring (bicyclic) bond motifs is 4. The van der Waals surface area contributed by atoms with Crippen molar-refractivity contribution in [3.63, 3.8) is 0 Å². The van der Waals surface area contributed by atoms with Gasteiger partial charge in [0, 0.05) is 43.5 Å². The van der Waals surface area contributed by atoms with Gasteiger partial charge in [0.2, 0.25) is 23.6 Å². The number of phenolic OH excluding ortho intramolecular Hbond substituents is 1. The van der Waals surface area contributed by atoms with E-state index in [-0.39, 0.29) is 41.5 Å². The van der Waals surface area contributed by atoms with Crippen LogP contribution in [0.25, 0.3) is 0 Å². The van der Waals surface area contributed by atoms with Gasteiger partial charge in [0.25, 0.3) is 0 Å². The number of halogens is 1. The molecule has 54 heavy (non-hydrogen) atoms. The van der Waals surface area contributed by atoms with Gasteiger partial charge >= 0.3 is 0 Å². The third-order valence-electron chi connectivity index (χ3n) is 12.2. The van der Waals surface area contributed by atoms with Crippen molar-refractivity contribution in [2.45, 2.75) is 18.8 Å². The largest absolute Gasteiger partial charge is 0.503 e. The number of methoxy groups -OCH3 is 1. The Hall–Kier alpha value is -4.72. The molecular formula is C41H41BrN4O8. The van der Waals surface area contributed by atoms with E-state index in [0.29, 0.717) is 54.3 Å². The number of phenols is 1. The average Bonchev–Trinajstić information content (AvgIpc) is 3.62. The lowest BCUT2D eigenvalue weighted by molar-refractivity contribution is -0.126. The molecule has 4 aliphatic heterocycles. The number of amides is 4. The number of hydrogen-bond donors (Lipinski definition) is 1. The highest BCUT2D eigenvalue weighted by atomic mass is 79.9. The molecule has 0 aromatic heterocycles. The summed E-state index contributed by atoms with van der Waals surface area (Å²) in [4.78, 5) is 64.9. The topological polar surface area (TPSA) is 129 Å². The molecule has 4 saturated heterocycles. The second kappa shape index (κ2) is 13.8. The molecular weight excluding hydrogens is 756 g/mol. The molecule has 5 fully saturated rings. The molecule has 1 saturated carbocycles. The first kappa shape index (κ1) is 35.0. The number of morpholine rings is 2. The molecule has 0 bridgehead atoms. The van der Waals surface area contributed by atoms with Crippen LogP contribution in [-0.2, 0) is 28.7 Å². The first-order chi connectivity index (χ1) is 26.2. The number of nitrogens with zero attached hydrogens (tertiary/aromatic N) is 4. The molecule has 0 spiro atoms. The second-order valence-corrected chi connectivity index (χ2v) is 15.7. The number of anilines is 4. The summed E-state index contributed by atoms with van der Waals surface area (Å²) in [5.41, 5.74) is 4.56. The summed E-state index contributed by atoms with van der Waals surface area (Å²) in [5.74, 6) is -4.82. The van der Waals surface area contributed by atoms with Crippen LogP contribution in [0.1, 0.15) is 24.3 Å². The second-order valence-electron chi connectivity index (χ2n) is 14.8. The first-order valence-electron chi connectivity index (χ1n) is 18.6. The zero-order chi connectivity index (χ0) is 37.2. The van der Waals surface area contributed by atoms with E-state index in [1.807, 2.05) is 54.6 Å². The zero-order valence-electron chi connectivity index (χ0n) is 29.9. The number of aromatic hydroxyl groups is 1. The molecule has 0 radical (unpaired) electrons. The maximum Gasteiger partial charge on any atom is 0.238 e. The van der Waals surface area contributed by atoms with Gasteiger partial charge in [-0.3, -0.25) is 29.0 Å². The highest BCUT2D eigenvalue weighted by Crippen LogP contribution is 2.59. The number of rotatable bonds is 6. The van der Waals surface area contributed by atoms with Gasteiger partial charge in [-0.15, -0.1) is 0 Å². The Kier molecular flexibility index (Phi) is 8.98. The summed E-state index contributed by atoms with van der Waals surface area (Å²) < 4.78 is 16.9. The van der Waals surface area contributed by atoms with E-state index in [9.17, 15) is 24.3 Å². The smallest absolute Gasteiger partial charge is 0.238 e. The fourth-order valence-corrected chi connectivity index (χ4v) is 10.1. The van der Waals surface area contributed by atoms with E-state index < -0.39 is 35.5 Å². The van der Waals surface area contributed by atoms with E-state index >= 15 is 0 Å². The lowest BCUT2D eigenvalue weighted by atomic mass is 9.57. The van der Waals surface area contributed by atoms with Gasteiger partial charge in [-0.25, -0.2) is 0 Å². The minimum atomic E-state index is -0.757. The van der Waals surface area contributed by atoms with Gasteiger partial charge in [-0.1, -0.05) is 11.6 Å². The van der Waals surface area contributed by atoms with Crippen molar-refractivity contribution >= 4 is 62.3 Å². The van der Waals surface area contributed by atoms with Gasteiger partial charge < -0.3 is 29.1 Å². The summed E-state index contributed by atoms with van der Waals surface area (Å²) in [6.45, 7) is 5.63. The number of imide groups is 2. The molecule has 9 rings (SSSR count). The van der Waals surface area contributed by atoms with Crippen molar-refractivity contribution in [1.82, 2.24) is 0 Å². The number of carbonyl (C=O) groups excluding carboxylic acids is 4. The molecule has 3 aromatic carbocycles. The fourth-order valence-electron chi connectivity index (χ4n) is 9.67. The van der Waals surface area contributed by atoms with Crippen LogP contribution >= 0.6 is 15.9 Å². The molecule has 4 heterocycles. The quantitative estimate of drug-likeness (QED) is 0.272. The third-order valence-corrected chi connectivity index (χ3v) is 12.9. The van der Waals surface area contributed by atoms with E-state index in [0.717, 1.165) is 43.1 Å². The zero-order valence-corrected chi connectivity index (χ0v) is 31.4. The van der Waals surface area contributed by atoms with E-state index in [1.165, 1.54) is 16.9 Å². The van der Waals surface area contributed by atoms with Crippen LogP contribution < -0.4 is 24.3 Å². The van der Waals surface area contributed by atoms with Crippen molar-refractivity contribution in [3.05, 3.63) is 82.3 Å². The van der Waals surface area contributed by atoms with Crippen molar-refractivity contribution < 1.29 is 38.5 Å². The van der Waals surface area contributed by atoms with Crippen LogP contribution in [0.15, 0.2) is 76.8 Å². The predicted octanol–water partition coefficient (Wildman–Crippen LogP) is 4.88. The molecule has 6 aliphatic rings. The van der Waals surface area contributed by atoms with Gasteiger partial charge in [-0.05, 0) is 101 Å². The highest BCUT2D eigenvalue weighted by Gasteiger charge is 2.62. The minimum absolute atomic E-state index is 0.0782. The van der Waals surface area contributed by atoms with E-state index in [4.69, 9.17) is 14.2 Å². The van der Waals surface area contributed by atoms with Gasteiger partial charge in [-0.2, -0.15) is 0 Å². The Bertz CT molecular complexity index is 2040. The van der Waals surface area contributed by atoms with Crippen LogP contribution in [0, 0.1) is 29.6 Å². The normalized spacial score (nSPS) is 28.2. The molecule has 280 valence electrons. The maximum atomic E-state index is 14.6.